The van der Waals surface area contributed by atoms with Gasteiger partial charge in [-0.3, -0.25) is 4.79 Å². The van der Waals surface area contributed by atoms with Crippen LogP contribution in [0.1, 0.15) is 38.7 Å². The molecule has 0 aliphatic heterocycles. The van der Waals surface area contributed by atoms with Gasteiger partial charge in [-0.2, -0.15) is 35.4 Å². The number of carbonyl (C=O) groups excluding carboxylic acids is 1. The summed E-state index contributed by atoms with van der Waals surface area (Å²) in [6.45, 7) is 4.19. The molecule has 0 saturated heterocycles. The van der Waals surface area contributed by atoms with Gasteiger partial charge in [-0.1, -0.05) is 68.4 Å². The van der Waals surface area contributed by atoms with Gasteiger partial charge in [-0.05, 0) is 81.9 Å². The van der Waals surface area contributed by atoms with E-state index >= 15 is 0 Å². The van der Waals surface area contributed by atoms with Gasteiger partial charge < -0.3 is 50.5 Å². The molecule has 0 aliphatic carbocycles. The van der Waals surface area contributed by atoms with E-state index in [1.54, 1.807) is 60.9 Å². The van der Waals surface area contributed by atoms with Crippen LogP contribution in [0.15, 0.2) is 121 Å². The zero-order valence-corrected chi connectivity index (χ0v) is 36.1. The van der Waals surface area contributed by atoms with Crippen LogP contribution in [0.4, 0.5) is 0 Å². The van der Waals surface area contributed by atoms with Gasteiger partial charge in [0.25, 0.3) is 0 Å². The Morgan fingerprint density at radius 1 is 0.518 bits per heavy atom. The normalized spacial score (nSPS) is 10.3. The second-order valence-corrected chi connectivity index (χ2v) is 12.0. The summed E-state index contributed by atoms with van der Waals surface area (Å²) in [5.41, 5.74) is 8.70. The Morgan fingerprint density at radius 3 is 1.43 bits per heavy atom. The number of aryl methyl sites for hydroxylation is 2. The van der Waals surface area contributed by atoms with Gasteiger partial charge in [0.15, 0.2) is 34.5 Å². The summed E-state index contributed by atoms with van der Waals surface area (Å²) in [6.07, 6.45) is 0.0458. The van der Waals surface area contributed by atoms with Gasteiger partial charge in [-0.25, -0.2) is 0 Å². The third kappa shape index (κ3) is 12.5. The van der Waals surface area contributed by atoms with Gasteiger partial charge in [-0.15, -0.1) is 0 Å². The molecule has 6 aromatic carbocycles. The molecule has 1 unspecified atom stereocenters. The van der Waals surface area contributed by atoms with E-state index in [1.165, 1.54) is 11.1 Å². The van der Waals surface area contributed by atoms with Gasteiger partial charge >= 0.3 is 23.1 Å². The predicted molar refractivity (Wildman–Crippen MR) is 219 cm³/mol. The molecule has 0 bridgehead atoms. The Morgan fingerprint density at radius 2 is 0.964 bits per heavy atom. The number of halogens is 1. The second kappa shape index (κ2) is 23.8. The molecule has 0 fully saturated rings. The number of methoxy groups -OCH3 is 6. The molecule has 6 rings (SSSR count). The van der Waals surface area contributed by atoms with Crippen molar-refractivity contribution in [2.75, 3.05) is 42.7 Å². The third-order valence-corrected chi connectivity index (χ3v) is 8.73. The molecule has 1 N–H and O–H groups in total. The van der Waals surface area contributed by atoms with Crippen molar-refractivity contribution in [3.63, 3.8) is 0 Å². The standard InChI is InChI=1S/C23H24O5.C15H14O3.C8H9.BrH.Mg/c1-25-19-10-8-16(13-21(19)27-3)15-6-5-7-17(12-15)23(24)18-9-11-20(26-2)22(14-18)28-4;1-17-14-7-6-13(9-15(14)18-2)12-5-3-4-11(8-12)10-16;1-7-5-3-4-6-8(7)2;;/h5-14,23-24H,1-4H3;3-10H,1-2H3;3,5-6H,1-2H3;1H;/q;;-1;;+2/p-1. The molecule has 56 heavy (non-hydrogen) atoms. The van der Waals surface area contributed by atoms with Crippen molar-refractivity contribution in [2.45, 2.75) is 20.0 Å². The Kier molecular flexibility index (Phi) is 20.0. The molecule has 0 radical (unpaired) electrons. The van der Waals surface area contributed by atoms with E-state index in [1.807, 2.05) is 97.1 Å². The Balaban J connectivity index is 0.000000330. The fourth-order valence-corrected chi connectivity index (χ4v) is 5.52. The van der Waals surface area contributed by atoms with Crippen LogP contribution in [-0.4, -0.2) is 77.1 Å². The first-order chi connectivity index (χ1) is 26.2. The monoisotopic (exact) mass is 830 g/mol. The van der Waals surface area contributed by atoms with Crippen LogP contribution in [0.2, 0.25) is 0 Å². The van der Waals surface area contributed by atoms with Crippen molar-refractivity contribution in [2.24, 2.45) is 0 Å². The molecule has 1 atom stereocenters. The first-order valence-electron chi connectivity index (χ1n) is 17.1. The summed E-state index contributed by atoms with van der Waals surface area (Å²) < 4.78 is 31.8. The minimum Gasteiger partial charge on any atom is -1.00 e. The van der Waals surface area contributed by atoms with Crippen LogP contribution in [0.5, 0.6) is 34.5 Å². The smallest absolute Gasteiger partial charge is 1.00 e. The van der Waals surface area contributed by atoms with E-state index in [4.69, 9.17) is 28.4 Å². The molecule has 288 valence electrons. The Bertz CT molecular complexity index is 2120. The van der Waals surface area contributed by atoms with E-state index in [0.29, 0.717) is 40.1 Å². The van der Waals surface area contributed by atoms with Crippen molar-refractivity contribution in [3.05, 3.63) is 155 Å². The molecule has 0 spiro atoms. The number of rotatable bonds is 11. The summed E-state index contributed by atoms with van der Waals surface area (Å²) in [6, 6.07) is 41.0. The van der Waals surface area contributed by atoms with Crippen LogP contribution in [-0.2, 0) is 0 Å². The van der Waals surface area contributed by atoms with Crippen LogP contribution in [0.25, 0.3) is 22.3 Å². The van der Waals surface area contributed by atoms with E-state index < -0.39 is 6.10 Å². The number of aliphatic hydroxyl groups is 1. The van der Waals surface area contributed by atoms with Crippen molar-refractivity contribution >= 4 is 29.3 Å². The van der Waals surface area contributed by atoms with E-state index in [0.717, 1.165) is 39.7 Å². The van der Waals surface area contributed by atoms with Gasteiger partial charge in [0.2, 0.25) is 0 Å². The maximum absolute atomic E-state index is 10.9. The van der Waals surface area contributed by atoms with E-state index in [9.17, 15) is 9.90 Å². The van der Waals surface area contributed by atoms with Crippen molar-refractivity contribution in [1.82, 2.24) is 0 Å². The molecule has 0 saturated carbocycles. The second-order valence-electron chi connectivity index (χ2n) is 12.0. The van der Waals surface area contributed by atoms with Gasteiger partial charge in [0, 0.05) is 5.56 Å². The van der Waals surface area contributed by atoms with Crippen LogP contribution in [0.3, 0.4) is 0 Å². The Hall–Kier alpha value is -5.00. The fraction of sp³-hybridized carbons (Fsp3) is 0.196. The van der Waals surface area contributed by atoms with Gasteiger partial charge in [0.05, 0.1) is 42.7 Å². The van der Waals surface area contributed by atoms with Crippen LogP contribution < -0.4 is 45.4 Å². The number of aldehydes is 1. The summed E-state index contributed by atoms with van der Waals surface area (Å²) in [7, 11) is 9.58. The Labute approximate surface area is 357 Å². The van der Waals surface area contributed by atoms with Crippen molar-refractivity contribution in [1.29, 1.82) is 0 Å². The molecule has 8 nitrogen and oxygen atoms in total. The fourth-order valence-electron chi connectivity index (χ4n) is 5.52. The SMILES string of the molecule is COc1ccc(-c2cccc(C(O)c3ccc(OC)c(OC)c3)c2)cc1OC.COc1ccc(-c2cccc(C=O)c2)cc1OC.Cc1c[c-]ccc1C.[Br-].[Mg+2]. The minimum absolute atomic E-state index is 0. The molecule has 0 heterocycles. The summed E-state index contributed by atoms with van der Waals surface area (Å²) in [5.74, 6) is 3.89. The first kappa shape index (κ1) is 47.1. The predicted octanol–water partition coefficient (Wildman–Crippen LogP) is 6.38. The maximum Gasteiger partial charge on any atom is 2.00 e. The molecule has 0 aromatic heterocycles. The molecule has 6 aromatic rings. The summed E-state index contributed by atoms with van der Waals surface area (Å²) in [5, 5.41) is 10.9. The zero-order chi connectivity index (χ0) is 39.0. The van der Waals surface area contributed by atoms with Gasteiger partial charge in [0.1, 0.15) is 12.4 Å². The molecule has 0 aliphatic rings. The molecule has 0 amide bonds. The van der Waals surface area contributed by atoms with Crippen LogP contribution >= 0.6 is 0 Å². The number of hydrogen-bond donors (Lipinski definition) is 1. The third-order valence-electron chi connectivity index (χ3n) is 8.73. The van der Waals surface area contributed by atoms with Crippen molar-refractivity contribution in [3.8, 4) is 56.8 Å². The summed E-state index contributed by atoms with van der Waals surface area (Å²) in [4.78, 5) is 10.8. The van der Waals surface area contributed by atoms with Crippen molar-refractivity contribution < 1.29 is 55.3 Å². The number of ether oxygens (including phenoxy) is 6. The number of carbonyl (C=O) groups is 1. The average Bonchev–Trinajstić information content (AvgIpc) is 3.24. The average molecular weight is 832 g/mol. The van der Waals surface area contributed by atoms with E-state index in [-0.39, 0.29) is 40.0 Å². The zero-order valence-electron chi connectivity index (χ0n) is 33.1. The molecule has 10 heteroatoms. The maximum atomic E-state index is 10.9. The molecular weight excluding hydrogens is 785 g/mol. The topological polar surface area (TPSA) is 92.7 Å². The number of aliphatic hydroxyl groups excluding tert-OH is 1. The molecular formula is C46H47BrMgO8. The number of benzene rings is 6. The number of hydrogen-bond acceptors (Lipinski definition) is 8. The summed E-state index contributed by atoms with van der Waals surface area (Å²) >= 11 is 0. The van der Waals surface area contributed by atoms with E-state index in [2.05, 4.69) is 26.0 Å². The van der Waals surface area contributed by atoms with Crippen LogP contribution in [0, 0.1) is 19.9 Å². The quantitative estimate of drug-likeness (QED) is 0.0915. The minimum atomic E-state index is -0.792. The first-order valence-corrected chi connectivity index (χ1v) is 17.1. The largest absolute Gasteiger partial charge is 2.00 e.